The number of ether oxygens (including phenoxy) is 1. The molecule has 0 radical (unpaired) electrons. The van der Waals surface area contributed by atoms with Crippen LogP contribution in [0.2, 0.25) is 0 Å². The third-order valence-electron chi connectivity index (χ3n) is 5.76. The van der Waals surface area contributed by atoms with Crippen molar-refractivity contribution in [2.45, 2.75) is 73.1 Å². The minimum absolute atomic E-state index is 0.0603. The van der Waals surface area contributed by atoms with Gasteiger partial charge in [-0.05, 0) is 64.7 Å². The summed E-state index contributed by atoms with van der Waals surface area (Å²) in [6.45, 7) is 14.4. The third-order valence-corrected chi connectivity index (χ3v) is 5.76. The Kier molecular flexibility index (Phi) is 9.50. The van der Waals surface area contributed by atoms with Crippen molar-refractivity contribution in [2.24, 2.45) is 5.92 Å². The number of rotatable bonds is 8. The first-order valence-electron chi connectivity index (χ1n) is 12.2. The SMILES string of the molecule is CCN(C(=O)C(NC(=O)OC(C)(C)C)C(C)C)C(C(=O)Nc1ccccc1C)c1cccc(C)c1O. The highest BCUT2D eigenvalue weighted by Crippen LogP contribution is 2.33. The number of benzene rings is 2. The Morgan fingerprint density at radius 1 is 1.00 bits per heavy atom. The molecule has 8 heteroatoms. The second kappa shape index (κ2) is 11.9. The Hall–Kier alpha value is -3.55. The molecule has 2 aromatic carbocycles. The Morgan fingerprint density at radius 3 is 2.17 bits per heavy atom. The molecule has 0 spiro atoms. The zero-order valence-electron chi connectivity index (χ0n) is 22.5. The van der Waals surface area contributed by atoms with E-state index in [9.17, 15) is 19.5 Å². The van der Waals surface area contributed by atoms with Crippen LogP contribution in [-0.2, 0) is 14.3 Å². The van der Waals surface area contributed by atoms with Gasteiger partial charge in [0.15, 0.2) is 0 Å². The lowest BCUT2D eigenvalue weighted by Gasteiger charge is -2.35. The molecule has 0 heterocycles. The first-order chi connectivity index (χ1) is 16.8. The molecule has 36 heavy (non-hydrogen) atoms. The predicted molar refractivity (Wildman–Crippen MR) is 141 cm³/mol. The fourth-order valence-corrected chi connectivity index (χ4v) is 3.86. The number of phenolic OH excluding ortho intramolecular Hbond substituents is 1. The number of hydrogen-bond acceptors (Lipinski definition) is 5. The van der Waals surface area contributed by atoms with E-state index in [4.69, 9.17) is 4.74 Å². The molecule has 3 amide bonds. The van der Waals surface area contributed by atoms with E-state index in [2.05, 4.69) is 10.6 Å². The van der Waals surface area contributed by atoms with Crippen molar-refractivity contribution < 1.29 is 24.2 Å². The highest BCUT2D eigenvalue weighted by molar-refractivity contribution is 5.99. The quantitative estimate of drug-likeness (QED) is 0.471. The van der Waals surface area contributed by atoms with Gasteiger partial charge in [-0.3, -0.25) is 9.59 Å². The van der Waals surface area contributed by atoms with Crippen LogP contribution in [0.15, 0.2) is 42.5 Å². The number of alkyl carbamates (subject to hydrolysis) is 1. The Bertz CT molecular complexity index is 1090. The molecule has 0 saturated carbocycles. The summed E-state index contributed by atoms with van der Waals surface area (Å²) in [6, 6.07) is 10.3. The fraction of sp³-hybridized carbons (Fsp3) is 0.464. The molecule has 0 aliphatic rings. The van der Waals surface area contributed by atoms with Gasteiger partial charge >= 0.3 is 6.09 Å². The number of para-hydroxylation sites is 2. The second-order valence-electron chi connectivity index (χ2n) is 10.2. The number of carbonyl (C=O) groups is 3. The maximum Gasteiger partial charge on any atom is 0.408 e. The topological polar surface area (TPSA) is 108 Å². The number of likely N-dealkylation sites (N-methyl/N-ethyl adjacent to an activating group) is 1. The number of phenols is 1. The van der Waals surface area contributed by atoms with Crippen molar-refractivity contribution in [1.29, 1.82) is 0 Å². The highest BCUT2D eigenvalue weighted by atomic mass is 16.6. The van der Waals surface area contributed by atoms with Crippen LogP contribution in [-0.4, -0.2) is 46.1 Å². The third kappa shape index (κ3) is 7.23. The molecule has 2 unspecified atom stereocenters. The Morgan fingerprint density at radius 2 is 1.61 bits per heavy atom. The minimum Gasteiger partial charge on any atom is -0.507 e. The summed E-state index contributed by atoms with van der Waals surface area (Å²) >= 11 is 0. The Labute approximate surface area is 214 Å². The smallest absolute Gasteiger partial charge is 0.408 e. The molecule has 8 nitrogen and oxygen atoms in total. The van der Waals surface area contributed by atoms with Gasteiger partial charge in [0.2, 0.25) is 5.91 Å². The molecule has 0 aliphatic carbocycles. The second-order valence-corrected chi connectivity index (χ2v) is 10.2. The number of amides is 3. The highest BCUT2D eigenvalue weighted by Gasteiger charge is 2.38. The van der Waals surface area contributed by atoms with Gasteiger partial charge in [0.05, 0.1) is 0 Å². The zero-order chi connectivity index (χ0) is 27.2. The van der Waals surface area contributed by atoms with E-state index >= 15 is 0 Å². The van der Waals surface area contributed by atoms with Crippen molar-refractivity contribution in [2.75, 3.05) is 11.9 Å². The number of aromatic hydroxyl groups is 1. The van der Waals surface area contributed by atoms with Crippen molar-refractivity contribution in [3.63, 3.8) is 0 Å². The molecule has 2 atom stereocenters. The van der Waals surface area contributed by atoms with Gasteiger partial charge in [0.25, 0.3) is 5.91 Å². The molecule has 0 aliphatic heterocycles. The average molecular weight is 498 g/mol. The summed E-state index contributed by atoms with van der Waals surface area (Å²) in [5.74, 6) is -1.27. The van der Waals surface area contributed by atoms with Crippen LogP contribution in [0.25, 0.3) is 0 Å². The number of hydrogen-bond donors (Lipinski definition) is 3. The molecule has 0 saturated heterocycles. The molecule has 0 bridgehead atoms. The summed E-state index contributed by atoms with van der Waals surface area (Å²) in [4.78, 5) is 41.4. The first-order valence-corrected chi connectivity index (χ1v) is 12.2. The van der Waals surface area contributed by atoms with E-state index in [0.717, 1.165) is 5.56 Å². The van der Waals surface area contributed by atoms with Crippen molar-refractivity contribution in [3.8, 4) is 5.75 Å². The standard InChI is InChI=1S/C28H39N3O5/c1-9-31(26(34)22(17(2)3)30-27(35)36-28(6,7)8)23(20-15-12-14-19(5)24(20)32)25(33)29-21-16-11-10-13-18(21)4/h10-17,22-23,32H,9H2,1-8H3,(H,29,33)(H,30,35). The summed E-state index contributed by atoms with van der Waals surface area (Å²) < 4.78 is 5.36. The lowest BCUT2D eigenvalue weighted by molar-refractivity contribution is -0.141. The summed E-state index contributed by atoms with van der Waals surface area (Å²) in [5, 5.41) is 16.5. The predicted octanol–water partition coefficient (Wildman–Crippen LogP) is 5.09. The Balaban J connectivity index is 2.51. The first kappa shape index (κ1) is 28.7. The molecule has 0 aromatic heterocycles. The monoisotopic (exact) mass is 497 g/mol. The van der Waals surface area contributed by atoms with Gasteiger partial charge in [-0.2, -0.15) is 0 Å². The van der Waals surface area contributed by atoms with Gasteiger partial charge in [-0.15, -0.1) is 0 Å². The van der Waals surface area contributed by atoms with Crippen LogP contribution in [0.4, 0.5) is 10.5 Å². The van der Waals surface area contributed by atoms with Crippen LogP contribution in [0, 0.1) is 19.8 Å². The van der Waals surface area contributed by atoms with Crippen molar-refractivity contribution in [1.82, 2.24) is 10.2 Å². The lowest BCUT2D eigenvalue weighted by atomic mass is 9.97. The number of carbonyl (C=O) groups excluding carboxylic acids is 3. The van der Waals surface area contributed by atoms with Gasteiger partial charge in [-0.1, -0.05) is 50.2 Å². The maximum absolute atomic E-state index is 13.8. The molecule has 2 rings (SSSR count). The molecular weight excluding hydrogens is 458 g/mol. The normalized spacial score (nSPS) is 13.0. The summed E-state index contributed by atoms with van der Waals surface area (Å²) in [7, 11) is 0. The minimum atomic E-state index is -1.14. The van der Waals surface area contributed by atoms with E-state index in [0.29, 0.717) is 16.8 Å². The van der Waals surface area contributed by atoms with Crippen molar-refractivity contribution in [3.05, 3.63) is 59.2 Å². The largest absolute Gasteiger partial charge is 0.507 e. The number of anilines is 1. The van der Waals surface area contributed by atoms with E-state index in [1.165, 1.54) is 4.90 Å². The lowest BCUT2D eigenvalue weighted by Crippen LogP contribution is -2.54. The van der Waals surface area contributed by atoms with E-state index in [-0.39, 0.29) is 18.2 Å². The maximum atomic E-state index is 13.8. The number of nitrogens with zero attached hydrogens (tertiary/aromatic N) is 1. The van der Waals surface area contributed by atoms with Crippen molar-refractivity contribution >= 4 is 23.6 Å². The van der Waals surface area contributed by atoms with Crippen LogP contribution >= 0.6 is 0 Å². The molecular formula is C28H39N3O5. The van der Waals surface area contributed by atoms with Crippen LogP contribution in [0.1, 0.15) is 64.3 Å². The molecule has 2 aromatic rings. The molecule has 0 fully saturated rings. The van der Waals surface area contributed by atoms with E-state index in [1.54, 1.807) is 72.7 Å². The van der Waals surface area contributed by atoms with Crippen LogP contribution in [0.5, 0.6) is 5.75 Å². The summed E-state index contributed by atoms with van der Waals surface area (Å²) in [5.41, 5.74) is 1.62. The van der Waals surface area contributed by atoms with Crippen LogP contribution in [0.3, 0.4) is 0 Å². The van der Waals surface area contributed by atoms with Crippen LogP contribution < -0.4 is 10.6 Å². The average Bonchev–Trinajstić information content (AvgIpc) is 2.77. The van der Waals surface area contributed by atoms with Gasteiger partial charge < -0.3 is 25.4 Å². The van der Waals surface area contributed by atoms with Gasteiger partial charge in [0.1, 0.15) is 23.4 Å². The van der Waals surface area contributed by atoms with Gasteiger partial charge in [-0.25, -0.2) is 4.79 Å². The molecule has 3 N–H and O–H groups in total. The number of aryl methyl sites for hydroxylation is 2. The van der Waals surface area contributed by atoms with E-state index < -0.39 is 35.6 Å². The zero-order valence-corrected chi connectivity index (χ0v) is 22.5. The summed E-state index contributed by atoms with van der Waals surface area (Å²) in [6.07, 6.45) is -0.718. The fourth-order valence-electron chi connectivity index (χ4n) is 3.86. The molecule has 196 valence electrons. The van der Waals surface area contributed by atoms with Gasteiger partial charge in [0, 0.05) is 17.8 Å². The number of nitrogens with one attached hydrogen (secondary N) is 2. The van der Waals surface area contributed by atoms with E-state index in [1.807, 2.05) is 25.1 Å².